The monoisotopic (exact) mass is 542 g/mol. The van der Waals surface area contributed by atoms with Crippen molar-refractivity contribution in [1.29, 1.82) is 0 Å². The van der Waals surface area contributed by atoms with Gasteiger partial charge in [0.25, 0.3) is 0 Å². The molecular formula is C25H34N8O6. The maximum absolute atomic E-state index is 13.2. The van der Waals surface area contributed by atoms with E-state index in [1.165, 1.54) is 4.90 Å². The highest BCUT2D eigenvalue weighted by molar-refractivity contribution is 6.02. The first-order chi connectivity index (χ1) is 18.7. The fourth-order valence-corrected chi connectivity index (χ4v) is 4.00. The zero-order valence-electron chi connectivity index (χ0n) is 22.2. The number of imide groups is 2. The highest BCUT2D eigenvalue weighted by atomic mass is 16.4. The van der Waals surface area contributed by atoms with Crippen molar-refractivity contribution in [1.82, 2.24) is 41.7 Å². The van der Waals surface area contributed by atoms with E-state index in [9.17, 15) is 24.0 Å². The molecule has 2 aromatic rings. The van der Waals surface area contributed by atoms with E-state index in [0.717, 1.165) is 12.0 Å². The number of hydrogen-bond donors (Lipinski definition) is 5. The molecule has 1 aliphatic heterocycles. The molecule has 14 nitrogen and oxygen atoms in total. The molecule has 14 heteroatoms. The molecule has 2 bridgehead atoms. The number of nitrogens with one attached hydrogen (secondary N) is 5. The van der Waals surface area contributed by atoms with Crippen LogP contribution in [0.4, 0.5) is 14.4 Å². The number of urea groups is 3. The third-order valence-corrected chi connectivity index (χ3v) is 6.04. The summed E-state index contributed by atoms with van der Waals surface area (Å²) in [6.45, 7) is 5.19. The SMILES string of the molecule is CCCCN1C(=O)NC(=O)NC(=O)NCC(=O)N[C@@H](Cc2ccccc2)C(=O)N[C@@H](C)c2nnc(o2)C1CC. The number of aromatic nitrogens is 2. The Hall–Kier alpha value is -4.49. The summed E-state index contributed by atoms with van der Waals surface area (Å²) < 4.78 is 5.86. The van der Waals surface area contributed by atoms with Crippen LogP contribution in [0.3, 0.4) is 0 Å². The van der Waals surface area contributed by atoms with E-state index >= 15 is 0 Å². The predicted octanol–water partition coefficient (Wildman–Crippen LogP) is 1.67. The molecule has 1 aromatic carbocycles. The lowest BCUT2D eigenvalue weighted by Gasteiger charge is -2.28. The minimum Gasteiger partial charge on any atom is -0.421 e. The average Bonchev–Trinajstić information content (AvgIpc) is 3.39. The van der Waals surface area contributed by atoms with E-state index in [0.29, 0.717) is 12.8 Å². The standard InChI is InChI=1S/C25H34N8O6/c1-4-6-12-33-18(5-2)22-32-31-21(39-22)15(3)27-20(35)17(13-16-10-8-7-9-11-16)28-19(34)14-26-23(36)29-24(37)30-25(33)38/h7-11,15,17-18H,4-6,12-14H2,1-3H3,(H,27,35)(H,28,34)(H3,26,29,30,36,37,38)/t15-,17-,18?/m0/s1. The van der Waals surface area contributed by atoms with Crippen molar-refractivity contribution in [2.75, 3.05) is 13.1 Å². The Labute approximate surface area is 225 Å². The molecule has 1 aromatic heterocycles. The fraction of sp³-hybridized carbons (Fsp3) is 0.480. The van der Waals surface area contributed by atoms with Gasteiger partial charge in [-0.15, -0.1) is 10.2 Å². The van der Waals surface area contributed by atoms with E-state index in [1.54, 1.807) is 6.92 Å². The molecule has 0 aliphatic carbocycles. The first-order valence-corrected chi connectivity index (χ1v) is 12.8. The number of carbonyl (C=O) groups excluding carboxylic acids is 5. The van der Waals surface area contributed by atoms with Gasteiger partial charge in [0.05, 0.1) is 6.54 Å². The number of nitrogens with zero attached hydrogens (tertiary/aromatic N) is 3. The number of unbranched alkanes of at least 4 members (excludes halogenated alkanes) is 1. The molecule has 1 unspecified atom stereocenters. The van der Waals surface area contributed by atoms with Crippen LogP contribution in [-0.4, -0.2) is 64.1 Å². The second-order valence-corrected chi connectivity index (χ2v) is 9.06. The first-order valence-electron chi connectivity index (χ1n) is 12.8. The second kappa shape index (κ2) is 13.9. The van der Waals surface area contributed by atoms with Crippen molar-refractivity contribution in [2.45, 2.75) is 64.6 Å². The van der Waals surface area contributed by atoms with E-state index in [-0.39, 0.29) is 24.7 Å². The first kappa shape index (κ1) is 29.1. The van der Waals surface area contributed by atoms with Crippen LogP contribution in [0, 0.1) is 0 Å². The van der Waals surface area contributed by atoms with E-state index in [1.807, 2.05) is 49.5 Å². The number of rotatable bonds is 6. The van der Waals surface area contributed by atoms with Crippen LogP contribution < -0.4 is 26.6 Å². The number of carbonyl (C=O) groups is 5. The van der Waals surface area contributed by atoms with Crippen molar-refractivity contribution < 1.29 is 28.4 Å². The highest BCUT2D eigenvalue weighted by Crippen LogP contribution is 2.25. The Kier molecular flexibility index (Phi) is 10.3. The van der Waals surface area contributed by atoms with Gasteiger partial charge in [0, 0.05) is 13.0 Å². The van der Waals surface area contributed by atoms with Crippen LogP contribution in [0.15, 0.2) is 34.7 Å². The molecule has 0 radical (unpaired) electrons. The van der Waals surface area contributed by atoms with Crippen LogP contribution in [0.25, 0.3) is 0 Å². The van der Waals surface area contributed by atoms with Crippen molar-refractivity contribution in [3.8, 4) is 0 Å². The maximum Gasteiger partial charge on any atom is 0.330 e. The zero-order valence-corrected chi connectivity index (χ0v) is 22.2. The second-order valence-electron chi connectivity index (χ2n) is 9.06. The van der Waals surface area contributed by atoms with Gasteiger partial charge >= 0.3 is 18.1 Å². The summed E-state index contributed by atoms with van der Waals surface area (Å²) in [6, 6.07) is 3.91. The molecule has 0 spiro atoms. The van der Waals surface area contributed by atoms with Gasteiger partial charge in [-0.1, -0.05) is 50.6 Å². The Morgan fingerprint density at radius 2 is 1.67 bits per heavy atom. The van der Waals surface area contributed by atoms with Gasteiger partial charge in [-0.3, -0.25) is 20.2 Å². The molecular weight excluding hydrogens is 508 g/mol. The average molecular weight is 543 g/mol. The Morgan fingerprint density at radius 3 is 2.36 bits per heavy atom. The smallest absolute Gasteiger partial charge is 0.330 e. The van der Waals surface area contributed by atoms with Crippen LogP contribution in [0.5, 0.6) is 0 Å². The largest absolute Gasteiger partial charge is 0.421 e. The zero-order chi connectivity index (χ0) is 28.4. The molecule has 210 valence electrons. The normalized spacial score (nSPS) is 21.6. The lowest BCUT2D eigenvalue weighted by Crippen LogP contribution is -2.54. The molecule has 3 rings (SSSR count). The van der Waals surface area contributed by atoms with Gasteiger partial charge in [-0.25, -0.2) is 14.4 Å². The Morgan fingerprint density at radius 1 is 0.949 bits per heavy atom. The molecule has 2 heterocycles. The quantitative estimate of drug-likeness (QED) is 0.364. The topological polar surface area (TPSA) is 188 Å². The molecule has 1 aliphatic rings. The van der Waals surface area contributed by atoms with E-state index < -0.39 is 54.6 Å². The van der Waals surface area contributed by atoms with Crippen molar-refractivity contribution in [3.63, 3.8) is 0 Å². The van der Waals surface area contributed by atoms with Crippen LogP contribution in [0.1, 0.15) is 69.5 Å². The summed E-state index contributed by atoms with van der Waals surface area (Å²) in [5, 5.41) is 19.9. The Balaban J connectivity index is 1.91. The van der Waals surface area contributed by atoms with E-state index in [4.69, 9.17) is 4.42 Å². The fourth-order valence-electron chi connectivity index (χ4n) is 4.00. The molecule has 8 amide bonds. The maximum atomic E-state index is 13.2. The predicted molar refractivity (Wildman–Crippen MR) is 138 cm³/mol. The summed E-state index contributed by atoms with van der Waals surface area (Å²) >= 11 is 0. The van der Waals surface area contributed by atoms with Gasteiger partial charge in [-0.05, 0) is 25.3 Å². The van der Waals surface area contributed by atoms with Gasteiger partial charge in [-0.2, -0.15) is 0 Å². The number of amides is 8. The lowest BCUT2D eigenvalue weighted by molar-refractivity contribution is -0.129. The van der Waals surface area contributed by atoms with Gasteiger partial charge in [0.2, 0.25) is 23.6 Å². The molecule has 0 fully saturated rings. The summed E-state index contributed by atoms with van der Waals surface area (Å²) in [4.78, 5) is 64.6. The minimum atomic E-state index is -1.07. The number of hydrogen-bond acceptors (Lipinski definition) is 8. The van der Waals surface area contributed by atoms with Gasteiger partial charge < -0.3 is 25.3 Å². The number of fused-ring (bicyclic) bond motifs is 2. The molecule has 5 N–H and O–H groups in total. The van der Waals surface area contributed by atoms with E-state index in [2.05, 4.69) is 31.5 Å². The number of benzene rings is 1. The molecule has 3 atom stereocenters. The minimum absolute atomic E-state index is 0.114. The van der Waals surface area contributed by atoms with Crippen LogP contribution in [0.2, 0.25) is 0 Å². The summed E-state index contributed by atoms with van der Waals surface area (Å²) in [5.41, 5.74) is 0.804. The van der Waals surface area contributed by atoms with Crippen molar-refractivity contribution in [3.05, 3.63) is 47.7 Å². The lowest BCUT2D eigenvalue weighted by atomic mass is 10.0. The van der Waals surface area contributed by atoms with Gasteiger partial charge in [0.15, 0.2) is 0 Å². The van der Waals surface area contributed by atoms with Crippen LogP contribution in [-0.2, 0) is 16.0 Å². The summed E-state index contributed by atoms with van der Waals surface area (Å²) in [5.74, 6) is -0.920. The summed E-state index contributed by atoms with van der Waals surface area (Å²) in [7, 11) is 0. The third kappa shape index (κ3) is 8.25. The molecule has 39 heavy (non-hydrogen) atoms. The highest BCUT2D eigenvalue weighted by Gasteiger charge is 2.31. The summed E-state index contributed by atoms with van der Waals surface area (Å²) in [6.07, 6.45) is 1.99. The van der Waals surface area contributed by atoms with Crippen molar-refractivity contribution >= 4 is 29.9 Å². The molecule has 0 saturated heterocycles. The van der Waals surface area contributed by atoms with Gasteiger partial charge in [0.1, 0.15) is 18.1 Å². The van der Waals surface area contributed by atoms with Crippen LogP contribution >= 0.6 is 0 Å². The third-order valence-electron chi connectivity index (χ3n) is 6.04. The van der Waals surface area contributed by atoms with Crippen molar-refractivity contribution in [2.24, 2.45) is 0 Å². The Bertz CT molecular complexity index is 1170. The molecule has 0 saturated carbocycles.